The molecule has 0 aliphatic heterocycles. The normalized spacial score (nSPS) is 10.4. The van der Waals surface area contributed by atoms with Crippen LogP contribution in [0.25, 0.3) is 0 Å². The van der Waals surface area contributed by atoms with Gasteiger partial charge >= 0.3 is 0 Å². The summed E-state index contributed by atoms with van der Waals surface area (Å²) in [6.45, 7) is 4.01. The summed E-state index contributed by atoms with van der Waals surface area (Å²) in [5.74, 6) is 0.131. The summed E-state index contributed by atoms with van der Waals surface area (Å²) < 4.78 is 1.05. The van der Waals surface area contributed by atoms with Crippen LogP contribution in [0.4, 0.5) is 0 Å². The summed E-state index contributed by atoms with van der Waals surface area (Å²) in [6, 6.07) is 7.76. The molecule has 0 fully saturated rings. The van der Waals surface area contributed by atoms with Gasteiger partial charge in [-0.3, -0.25) is 4.79 Å². The molecule has 82 valence electrons. The molecule has 0 radical (unpaired) electrons. The molecule has 0 aliphatic rings. The number of ketones is 1. The molecule has 1 nitrogen and oxygen atoms in total. The lowest BCUT2D eigenvalue weighted by Crippen LogP contribution is -2.04. The fourth-order valence-electron chi connectivity index (χ4n) is 1.59. The number of benzene rings is 1. The third kappa shape index (κ3) is 2.06. The van der Waals surface area contributed by atoms with Gasteiger partial charge in [-0.1, -0.05) is 12.1 Å². The number of hydrogen-bond acceptors (Lipinski definition) is 2. The van der Waals surface area contributed by atoms with Crippen molar-refractivity contribution in [3.63, 3.8) is 0 Å². The first-order valence-corrected chi connectivity index (χ1v) is 6.91. The second-order valence-electron chi connectivity index (χ2n) is 3.66. The van der Waals surface area contributed by atoms with Crippen molar-refractivity contribution in [2.45, 2.75) is 13.8 Å². The second-order valence-corrected chi connectivity index (χ2v) is 5.86. The fraction of sp³-hybridized carbons (Fsp3) is 0.154. The Labute approximate surface area is 113 Å². The molecule has 0 spiro atoms. The summed E-state index contributed by atoms with van der Waals surface area (Å²) in [6.07, 6.45) is 0. The van der Waals surface area contributed by atoms with Crippen LogP contribution in [0, 0.1) is 17.4 Å². The van der Waals surface area contributed by atoms with E-state index in [1.54, 1.807) is 11.3 Å². The maximum atomic E-state index is 12.3. The molecule has 1 aromatic heterocycles. The van der Waals surface area contributed by atoms with Crippen LogP contribution in [0.1, 0.15) is 26.4 Å². The van der Waals surface area contributed by atoms with E-state index in [1.807, 2.05) is 43.5 Å². The quantitative estimate of drug-likeness (QED) is 0.591. The summed E-state index contributed by atoms with van der Waals surface area (Å²) in [5.41, 5.74) is 2.79. The average Bonchev–Trinajstić information content (AvgIpc) is 2.68. The SMILES string of the molecule is Cc1cccc(C(=O)c2ccsc2C)c1I. The van der Waals surface area contributed by atoms with Crippen LogP contribution in [0.5, 0.6) is 0 Å². The van der Waals surface area contributed by atoms with Crippen molar-refractivity contribution in [2.24, 2.45) is 0 Å². The van der Waals surface area contributed by atoms with E-state index in [4.69, 9.17) is 0 Å². The highest BCUT2D eigenvalue weighted by Crippen LogP contribution is 2.23. The highest BCUT2D eigenvalue weighted by atomic mass is 127. The van der Waals surface area contributed by atoms with E-state index in [1.165, 1.54) is 0 Å². The van der Waals surface area contributed by atoms with Gasteiger partial charge < -0.3 is 0 Å². The van der Waals surface area contributed by atoms with Crippen molar-refractivity contribution < 1.29 is 4.79 Å². The molecular weight excluding hydrogens is 331 g/mol. The Balaban J connectivity index is 2.50. The lowest BCUT2D eigenvalue weighted by Gasteiger charge is -2.05. The van der Waals surface area contributed by atoms with Crippen molar-refractivity contribution >= 4 is 39.7 Å². The zero-order valence-corrected chi connectivity index (χ0v) is 12.1. The molecule has 2 rings (SSSR count). The molecule has 0 atom stereocenters. The molecule has 0 saturated heterocycles. The molecule has 0 saturated carbocycles. The van der Waals surface area contributed by atoms with Crippen LogP contribution in [-0.4, -0.2) is 5.78 Å². The molecule has 1 heterocycles. The van der Waals surface area contributed by atoms with E-state index in [2.05, 4.69) is 22.6 Å². The van der Waals surface area contributed by atoms with Crippen molar-refractivity contribution in [3.05, 3.63) is 54.8 Å². The second kappa shape index (κ2) is 4.67. The number of halogens is 1. The minimum absolute atomic E-state index is 0.131. The molecule has 3 heteroatoms. The molecule has 2 aromatic rings. The first-order chi connectivity index (χ1) is 7.61. The third-order valence-electron chi connectivity index (χ3n) is 2.54. The summed E-state index contributed by atoms with van der Waals surface area (Å²) in [4.78, 5) is 13.4. The van der Waals surface area contributed by atoms with Gasteiger partial charge in [-0.25, -0.2) is 0 Å². The zero-order valence-electron chi connectivity index (χ0n) is 9.08. The third-order valence-corrected chi connectivity index (χ3v) is 4.82. The number of aryl methyl sites for hydroxylation is 2. The van der Waals surface area contributed by atoms with Gasteiger partial charge in [-0.15, -0.1) is 11.3 Å². The number of carbonyl (C=O) groups excluding carboxylic acids is 1. The summed E-state index contributed by atoms with van der Waals surface area (Å²) in [7, 11) is 0. The van der Waals surface area contributed by atoms with Crippen LogP contribution in [0.15, 0.2) is 29.6 Å². The van der Waals surface area contributed by atoms with Gasteiger partial charge in [-0.2, -0.15) is 0 Å². The number of rotatable bonds is 2. The molecule has 0 unspecified atom stereocenters. The fourth-order valence-corrected chi connectivity index (χ4v) is 2.89. The van der Waals surface area contributed by atoms with E-state index in [0.29, 0.717) is 0 Å². The first-order valence-electron chi connectivity index (χ1n) is 4.95. The van der Waals surface area contributed by atoms with Gasteiger partial charge in [0.15, 0.2) is 5.78 Å². The van der Waals surface area contributed by atoms with E-state index in [-0.39, 0.29) is 5.78 Å². The van der Waals surface area contributed by atoms with E-state index < -0.39 is 0 Å². The van der Waals surface area contributed by atoms with Gasteiger partial charge in [0, 0.05) is 19.6 Å². The smallest absolute Gasteiger partial charge is 0.195 e. The van der Waals surface area contributed by atoms with Gasteiger partial charge in [0.1, 0.15) is 0 Å². The molecule has 16 heavy (non-hydrogen) atoms. The van der Waals surface area contributed by atoms with Gasteiger partial charge in [0.25, 0.3) is 0 Å². The van der Waals surface area contributed by atoms with E-state index >= 15 is 0 Å². The van der Waals surface area contributed by atoms with Crippen molar-refractivity contribution in [1.29, 1.82) is 0 Å². The maximum absolute atomic E-state index is 12.3. The standard InChI is InChI=1S/C13H11IOS/c1-8-4-3-5-11(12(8)14)13(15)10-6-7-16-9(10)2/h3-7H,1-2H3. The van der Waals surface area contributed by atoms with Crippen LogP contribution < -0.4 is 0 Å². The van der Waals surface area contributed by atoms with Gasteiger partial charge in [0.2, 0.25) is 0 Å². The van der Waals surface area contributed by atoms with Crippen LogP contribution in [-0.2, 0) is 0 Å². The zero-order chi connectivity index (χ0) is 11.7. The Morgan fingerprint density at radius 1 is 1.19 bits per heavy atom. The topological polar surface area (TPSA) is 17.1 Å². The number of hydrogen-bond donors (Lipinski definition) is 0. The van der Waals surface area contributed by atoms with Crippen LogP contribution >= 0.6 is 33.9 Å². The molecule has 0 amide bonds. The predicted octanol–water partition coefficient (Wildman–Crippen LogP) is 4.20. The summed E-state index contributed by atoms with van der Waals surface area (Å²) in [5, 5.41) is 1.96. The molecule has 0 bridgehead atoms. The van der Waals surface area contributed by atoms with Crippen LogP contribution in [0.2, 0.25) is 0 Å². The lowest BCUT2D eigenvalue weighted by molar-refractivity contribution is 0.103. The highest BCUT2D eigenvalue weighted by Gasteiger charge is 2.15. The summed E-state index contributed by atoms with van der Waals surface area (Å²) >= 11 is 3.85. The van der Waals surface area contributed by atoms with Crippen molar-refractivity contribution in [3.8, 4) is 0 Å². The van der Waals surface area contributed by atoms with Crippen LogP contribution in [0.3, 0.4) is 0 Å². The monoisotopic (exact) mass is 342 g/mol. The van der Waals surface area contributed by atoms with E-state index in [9.17, 15) is 4.79 Å². The highest BCUT2D eigenvalue weighted by molar-refractivity contribution is 14.1. The largest absolute Gasteiger partial charge is 0.289 e. The van der Waals surface area contributed by atoms with Crippen molar-refractivity contribution in [2.75, 3.05) is 0 Å². The minimum Gasteiger partial charge on any atom is -0.289 e. The Bertz CT molecular complexity index is 543. The lowest BCUT2D eigenvalue weighted by atomic mass is 10.0. The molecule has 0 N–H and O–H groups in total. The Morgan fingerprint density at radius 3 is 2.56 bits per heavy atom. The molecular formula is C13H11IOS. The maximum Gasteiger partial charge on any atom is 0.195 e. The van der Waals surface area contributed by atoms with E-state index in [0.717, 1.165) is 25.1 Å². The predicted molar refractivity (Wildman–Crippen MR) is 76.4 cm³/mol. The molecule has 1 aromatic carbocycles. The van der Waals surface area contributed by atoms with Crippen molar-refractivity contribution in [1.82, 2.24) is 0 Å². The Hall–Kier alpha value is -0.680. The van der Waals surface area contributed by atoms with Gasteiger partial charge in [-0.05, 0) is 59.5 Å². The van der Waals surface area contributed by atoms with Gasteiger partial charge in [0.05, 0.1) is 0 Å². The number of carbonyl (C=O) groups is 1. The Kier molecular flexibility index (Phi) is 3.44. The molecule has 0 aliphatic carbocycles. The average molecular weight is 342 g/mol. The minimum atomic E-state index is 0.131. The number of thiophene rings is 1. The Morgan fingerprint density at radius 2 is 1.94 bits per heavy atom. The first kappa shape index (κ1) is 11.8.